The van der Waals surface area contributed by atoms with Crippen LogP contribution in [0.15, 0.2) is 17.3 Å². The van der Waals surface area contributed by atoms with E-state index >= 15 is 0 Å². The van der Waals surface area contributed by atoms with Gasteiger partial charge < -0.3 is 20.7 Å². The first-order valence-corrected chi connectivity index (χ1v) is 5.99. The minimum atomic E-state index is -0.366. The number of fused-ring (bicyclic) bond motifs is 1. The maximum absolute atomic E-state index is 11.7. The number of imidazole rings is 2. The molecule has 0 aliphatic heterocycles. The third-order valence-electron chi connectivity index (χ3n) is 2.75. The summed E-state index contributed by atoms with van der Waals surface area (Å²) < 4.78 is 0.234. The van der Waals surface area contributed by atoms with Gasteiger partial charge in [-0.25, -0.2) is 9.97 Å². The van der Waals surface area contributed by atoms with E-state index in [-0.39, 0.29) is 16.4 Å². The van der Waals surface area contributed by atoms with E-state index in [1.807, 2.05) is 0 Å². The van der Waals surface area contributed by atoms with Gasteiger partial charge in [0.2, 0.25) is 0 Å². The number of hydrogen-bond acceptors (Lipinski definition) is 5. The Morgan fingerprint density at radius 3 is 2.95 bits per heavy atom. The van der Waals surface area contributed by atoms with Crippen LogP contribution in [-0.2, 0) is 6.42 Å². The highest BCUT2D eigenvalue weighted by molar-refractivity contribution is 7.71. The lowest BCUT2D eigenvalue weighted by atomic mass is 10.2. The zero-order valence-electron chi connectivity index (χ0n) is 9.73. The van der Waals surface area contributed by atoms with Crippen LogP contribution in [0.25, 0.3) is 11.2 Å². The quantitative estimate of drug-likeness (QED) is 0.438. The molecule has 0 saturated carbocycles. The zero-order chi connectivity index (χ0) is 13.4. The maximum atomic E-state index is 11.7. The number of rotatable bonds is 3. The van der Waals surface area contributed by atoms with Gasteiger partial charge in [-0.1, -0.05) is 0 Å². The van der Waals surface area contributed by atoms with Gasteiger partial charge in [0.1, 0.15) is 11.3 Å². The molecule has 8 nitrogen and oxygen atoms in total. The van der Waals surface area contributed by atoms with Crippen LogP contribution in [0, 0.1) is 4.77 Å². The van der Waals surface area contributed by atoms with Crippen molar-refractivity contribution in [2.45, 2.75) is 12.5 Å². The Hall–Kier alpha value is -2.26. The van der Waals surface area contributed by atoms with Gasteiger partial charge in [0.25, 0.3) is 5.56 Å². The third kappa shape index (κ3) is 2.20. The second-order valence-corrected chi connectivity index (χ2v) is 4.55. The van der Waals surface area contributed by atoms with E-state index in [9.17, 15) is 4.79 Å². The first kappa shape index (κ1) is 11.8. The van der Waals surface area contributed by atoms with Crippen molar-refractivity contribution in [1.82, 2.24) is 29.9 Å². The van der Waals surface area contributed by atoms with Crippen LogP contribution in [0.2, 0.25) is 0 Å². The maximum Gasteiger partial charge on any atom is 0.277 e. The molecule has 0 saturated heterocycles. The van der Waals surface area contributed by atoms with Crippen LogP contribution in [-0.4, -0.2) is 29.9 Å². The molecule has 1 atom stereocenters. The van der Waals surface area contributed by atoms with Gasteiger partial charge in [-0.05, 0) is 12.2 Å². The summed E-state index contributed by atoms with van der Waals surface area (Å²) in [7, 11) is 0. The molecule has 98 valence electrons. The summed E-state index contributed by atoms with van der Waals surface area (Å²) in [6, 6.07) is -0.366. The second kappa shape index (κ2) is 4.44. The fourth-order valence-electron chi connectivity index (χ4n) is 1.86. The van der Waals surface area contributed by atoms with Crippen molar-refractivity contribution in [1.29, 1.82) is 0 Å². The van der Waals surface area contributed by atoms with Crippen LogP contribution in [0.5, 0.6) is 0 Å². The standard InChI is InChI=1S/C10H11N7OS/c11-5(1-4-2-12-3-13-4)7-14-6-8(15-7)16-10(19)17-9(6)18/h2-3,5H,1,11H2,(H,12,13)(H3,14,15,16,17,18,19)/t5-/m0/s1. The summed E-state index contributed by atoms with van der Waals surface area (Å²) in [4.78, 5) is 31.0. The molecule has 0 aromatic carbocycles. The number of aromatic amines is 4. The fraction of sp³-hybridized carbons (Fsp3) is 0.200. The SMILES string of the molecule is N[C@@H](Cc1cnc[nH]1)c1nc2[nH]c(=S)[nH]c(=O)c2[nH]1. The van der Waals surface area contributed by atoms with E-state index < -0.39 is 0 Å². The number of aromatic nitrogens is 6. The van der Waals surface area contributed by atoms with Gasteiger partial charge >= 0.3 is 0 Å². The van der Waals surface area contributed by atoms with E-state index in [2.05, 4.69) is 29.9 Å². The van der Waals surface area contributed by atoms with Crippen molar-refractivity contribution in [2.75, 3.05) is 0 Å². The average Bonchev–Trinajstić information content (AvgIpc) is 2.97. The molecule has 0 bridgehead atoms. The molecule has 0 fully saturated rings. The molecule has 3 aromatic rings. The molecule has 3 rings (SSSR count). The van der Waals surface area contributed by atoms with Gasteiger partial charge in [0.15, 0.2) is 10.4 Å². The Morgan fingerprint density at radius 1 is 1.37 bits per heavy atom. The molecule has 19 heavy (non-hydrogen) atoms. The predicted molar refractivity (Wildman–Crippen MR) is 71.1 cm³/mol. The molecule has 0 amide bonds. The number of H-pyrrole nitrogens is 4. The summed E-state index contributed by atoms with van der Waals surface area (Å²) in [5, 5.41) is 0. The molecular weight excluding hydrogens is 266 g/mol. The van der Waals surface area contributed by atoms with E-state index in [1.165, 1.54) is 0 Å². The Labute approximate surface area is 111 Å². The minimum absolute atomic E-state index is 0.234. The molecular formula is C10H11N7OS. The van der Waals surface area contributed by atoms with Crippen molar-refractivity contribution >= 4 is 23.4 Å². The highest BCUT2D eigenvalue weighted by Gasteiger charge is 2.14. The molecule has 9 heteroatoms. The molecule has 0 aliphatic rings. The smallest absolute Gasteiger partial charge is 0.277 e. The van der Waals surface area contributed by atoms with Crippen LogP contribution in [0.4, 0.5) is 0 Å². The summed E-state index contributed by atoms with van der Waals surface area (Å²) in [5.74, 6) is 0.520. The minimum Gasteiger partial charge on any atom is -0.348 e. The highest BCUT2D eigenvalue weighted by atomic mass is 32.1. The van der Waals surface area contributed by atoms with Crippen LogP contribution in [0.1, 0.15) is 17.6 Å². The lowest BCUT2D eigenvalue weighted by molar-refractivity contribution is 0.670. The van der Waals surface area contributed by atoms with Gasteiger partial charge in [0, 0.05) is 18.3 Å². The fourth-order valence-corrected chi connectivity index (χ4v) is 2.05. The van der Waals surface area contributed by atoms with Gasteiger partial charge in [-0.3, -0.25) is 9.78 Å². The normalized spacial score (nSPS) is 12.9. The lowest BCUT2D eigenvalue weighted by Crippen LogP contribution is -2.15. The van der Waals surface area contributed by atoms with Crippen LogP contribution >= 0.6 is 12.2 Å². The monoisotopic (exact) mass is 277 g/mol. The molecule has 3 aromatic heterocycles. The lowest BCUT2D eigenvalue weighted by Gasteiger charge is -2.05. The number of nitrogens with zero attached hydrogens (tertiary/aromatic N) is 2. The zero-order valence-corrected chi connectivity index (χ0v) is 10.5. The number of nitrogens with one attached hydrogen (secondary N) is 4. The summed E-state index contributed by atoms with van der Waals surface area (Å²) >= 11 is 4.89. The van der Waals surface area contributed by atoms with E-state index in [0.29, 0.717) is 23.4 Å². The van der Waals surface area contributed by atoms with E-state index in [0.717, 1.165) is 5.69 Å². The average molecular weight is 277 g/mol. The van der Waals surface area contributed by atoms with Crippen molar-refractivity contribution in [3.8, 4) is 0 Å². The first-order valence-electron chi connectivity index (χ1n) is 5.58. The second-order valence-electron chi connectivity index (χ2n) is 4.14. The van der Waals surface area contributed by atoms with Crippen molar-refractivity contribution < 1.29 is 0 Å². The molecule has 3 heterocycles. The topological polar surface area (TPSA) is 132 Å². The number of hydrogen-bond donors (Lipinski definition) is 5. The van der Waals surface area contributed by atoms with Gasteiger partial charge in [-0.2, -0.15) is 0 Å². The predicted octanol–water partition coefficient (Wildman–Crippen LogP) is 0.274. The Balaban J connectivity index is 1.99. The van der Waals surface area contributed by atoms with Crippen LogP contribution < -0.4 is 11.3 Å². The molecule has 0 radical (unpaired) electrons. The summed E-state index contributed by atoms with van der Waals surface area (Å²) in [5.41, 5.74) is 7.37. The van der Waals surface area contributed by atoms with Crippen molar-refractivity contribution in [3.63, 3.8) is 0 Å². The third-order valence-corrected chi connectivity index (χ3v) is 2.96. The molecule has 0 unspecified atom stereocenters. The van der Waals surface area contributed by atoms with E-state index in [1.54, 1.807) is 12.5 Å². The van der Waals surface area contributed by atoms with Crippen molar-refractivity contribution in [2.24, 2.45) is 5.73 Å². The van der Waals surface area contributed by atoms with Crippen LogP contribution in [0.3, 0.4) is 0 Å². The molecule has 0 aliphatic carbocycles. The van der Waals surface area contributed by atoms with Crippen molar-refractivity contribution in [3.05, 3.63) is 39.2 Å². The Bertz CT molecular complexity index is 812. The highest BCUT2D eigenvalue weighted by Crippen LogP contribution is 2.13. The first-order chi connectivity index (χ1) is 9.13. The summed E-state index contributed by atoms with van der Waals surface area (Å²) in [6.45, 7) is 0. The Kier molecular flexibility index (Phi) is 2.76. The summed E-state index contributed by atoms with van der Waals surface area (Å²) in [6.07, 6.45) is 3.82. The molecule has 6 N–H and O–H groups in total. The molecule has 0 spiro atoms. The van der Waals surface area contributed by atoms with E-state index in [4.69, 9.17) is 18.0 Å². The Morgan fingerprint density at radius 2 is 2.21 bits per heavy atom. The largest absolute Gasteiger partial charge is 0.348 e. The van der Waals surface area contributed by atoms with Gasteiger partial charge in [-0.15, -0.1) is 0 Å². The van der Waals surface area contributed by atoms with Gasteiger partial charge in [0.05, 0.1) is 12.4 Å². The number of nitrogens with two attached hydrogens (primary N) is 1.